The van der Waals surface area contributed by atoms with E-state index in [9.17, 15) is 0 Å². The van der Waals surface area contributed by atoms with Gasteiger partial charge in [0.1, 0.15) is 0 Å². The first-order valence-electron chi connectivity index (χ1n) is 4.05. The third kappa shape index (κ3) is 1.73. The van der Waals surface area contributed by atoms with E-state index in [1.165, 1.54) is 10.8 Å². The minimum absolute atomic E-state index is 1.11. The van der Waals surface area contributed by atoms with E-state index < -0.39 is 7.42 Å². The molecule has 0 unspecified atom stereocenters. The Morgan fingerprint density at radius 2 is 1.54 bits per heavy atom. The van der Waals surface area contributed by atoms with Crippen LogP contribution in [-0.2, 0) is 0 Å². The van der Waals surface area contributed by atoms with Crippen molar-refractivity contribution in [3.8, 4) is 0 Å². The van der Waals surface area contributed by atoms with Crippen LogP contribution in [0.5, 0.6) is 0 Å². The first-order valence-corrected chi connectivity index (χ1v) is 8.12. The molecule has 0 amide bonds. The number of rotatable bonds is 1. The molecule has 13 heavy (non-hydrogen) atoms. The van der Waals surface area contributed by atoms with Crippen molar-refractivity contribution < 1.29 is 0 Å². The number of hydrogen-bond donors (Lipinski definition) is 0. The third-order valence-electron chi connectivity index (χ3n) is 2.06. The third-order valence-corrected chi connectivity index (χ3v) is 4.44. The second-order valence-electron chi connectivity index (χ2n) is 2.87. The van der Waals surface area contributed by atoms with Crippen LogP contribution >= 0.6 is 22.2 Å². The Labute approximate surface area is 88.1 Å². The van der Waals surface area contributed by atoms with Crippen LogP contribution in [0.3, 0.4) is 0 Å². The first-order chi connectivity index (χ1) is 6.29. The largest absolute Gasteiger partial charge is 0.267 e. The molecule has 2 rings (SSSR count). The van der Waals surface area contributed by atoms with Crippen LogP contribution in [-0.4, -0.2) is 7.42 Å². The zero-order chi connectivity index (χ0) is 9.26. The lowest BCUT2D eigenvalue weighted by Crippen LogP contribution is -2.18. The maximum atomic E-state index is 5.99. The van der Waals surface area contributed by atoms with Crippen molar-refractivity contribution in [3.63, 3.8) is 0 Å². The van der Waals surface area contributed by atoms with Gasteiger partial charge in [-0.25, -0.2) is 0 Å². The average molecular weight is 227 g/mol. The van der Waals surface area contributed by atoms with Crippen molar-refractivity contribution in [1.82, 2.24) is 0 Å². The fraction of sp³-hybridized carbons (Fsp3) is 0. The van der Waals surface area contributed by atoms with E-state index in [2.05, 4.69) is 18.2 Å². The molecular formula is C10H8Cl2Si. The van der Waals surface area contributed by atoms with Gasteiger partial charge in [0.25, 0.3) is 7.42 Å². The predicted octanol–water partition coefficient (Wildman–Crippen LogP) is 2.74. The lowest BCUT2D eigenvalue weighted by Gasteiger charge is -2.04. The maximum Gasteiger partial charge on any atom is 0.267 e. The highest BCUT2D eigenvalue weighted by molar-refractivity contribution is 7.40. The summed E-state index contributed by atoms with van der Waals surface area (Å²) < 4.78 is 0. The van der Waals surface area contributed by atoms with Crippen molar-refractivity contribution in [2.45, 2.75) is 0 Å². The molecule has 66 valence electrons. The molecule has 0 N–H and O–H groups in total. The smallest absolute Gasteiger partial charge is 0.144 e. The molecule has 0 saturated carbocycles. The lowest BCUT2D eigenvalue weighted by molar-refractivity contribution is 1.78. The van der Waals surface area contributed by atoms with E-state index >= 15 is 0 Å². The summed E-state index contributed by atoms with van der Waals surface area (Å²) in [5.41, 5.74) is 0. The molecule has 0 atom stereocenters. The molecule has 0 fully saturated rings. The SMILES string of the molecule is Cl[SiH](Cl)c1cccc2ccccc12. The standard InChI is InChI=1S/C10H8Cl2Si/c11-13(12)10-7-3-5-8-4-1-2-6-9(8)10/h1-7,13H. The number of hydrogen-bond acceptors (Lipinski definition) is 0. The molecule has 2 aromatic carbocycles. The molecule has 3 heteroatoms. The van der Waals surface area contributed by atoms with E-state index in [0.29, 0.717) is 0 Å². The zero-order valence-electron chi connectivity index (χ0n) is 6.87. The van der Waals surface area contributed by atoms with Gasteiger partial charge in [-0.2, -0.15) is 0 Å². The Morgan fingerprint density at radius 1 is 0.846 bits per heavy atom. The fourth-order valence-electron chi connectivity index (χ4n) is 1.44. The van der Waals surface area contributed by atoms with Gasteiger partial charge in [0, 0.05) is 0 Å². The minimum atomic E-state index is -1.73. The highest BCUT2D eigenvalue weighted by atomic mass is 35.7. The summed E-state index contributed by atoms with van der Waals surface area (Å²) in [4.78, 5) is 0. The molecule has 0 bridgehead atoms. The van der Waals surface area contributed by atoms with Crippen molar-refractivity contribution in [2.24, 2.45) is 0 Å². The van der Waals surface area contributed by atoms with E-state index in [1.807, 2.05) is 24.3 Å². The van der Waals surface area contributed by atoms with Crippen LogP contribution < -0.4 is 5.19 Å². The fourth-order valence-corrected chi connectivity index (χ4v) is 3.34. The summed E-state index contributed by atoms with van der Waals surface area (Å²) >= 11 is 12.0. The van der Waals surface area contributed by atoms with Crippen molar-refractivity contribution in [3.05, 3.63) is 42.5 Å². The lowest BCUT2D eigenvalue weighted by atomic mass is 10.1. The van der Waals surface area contributed by atoms with Gasteiger partial charge in [0.15, 0.2) is 0 Å². The topological polar surface area (TPSA) is 0 Å². The van der Waals surface area contributed by atoms with E-state index in [4.69, 9.17) is 22.2 Å². The highest BCUT2D eigenvalue weighted by Gasteiger charge is 2.08. The van der Waals surface area contributed by atoms with Crippen LogP contribution in [0.4, 0.5) is 0 Å². The molecule has 0 aliphatic heterocycles. The summed E-state index contributed by atoms with van der Waals surface area (Å²) in [6.07, 6.45) is 0. The molecule has 0 nitrogen and oxygen atoms in total. The van der Waals surface area contributed by atoms with Gasteiger partial charge in [-0.1, -0.05) is 42.5 Å². The molecule has 0 radical (unpaired) electrons. The Morgan fingerprint density at radius 3 is 2.31 bits per heavy atom. The van der Waals surface area contributed by atoms with Gasteiger partial charge in [0.2, 0.25) is 0 Å². The van der Waals surface area contributed by atoms with Crippen molar-refractivity contribution >= 4 is 45.5 Å². The number of halogens is 2. The molecule has 0 aromatic heterocycles. The number of benzene rings is 2. The molecule has 0 heterocycles. The van der Waals surface area contributed by atoms with E-state index in [0.717, 1.165) is 5.19 Å². The van der Waals surface area contributed by atoms with Crippen molar-refractivity contribution in [2.75, 3.05) is 0 Å². The molecule has 0 aliphatic carbocycles. The minimum Gasteiger partial charge on any atom is -0.144 e. The zero-order valence-corrected chi connectivity index (χ0v) is 9.54. The van der Waals surface area contributed by atoms with Crippen LogP contribution in [0.25, 0.3) is 10.8 Å². The van der Waals surface area contributed by atoms with Crippen LogP contribution in [0, 0.1) is 0 Å². The molecule has 2 aromatic rings. The van der Waals surface area contributed by atoms with Crippen molar-refractivity contribution in [1.29, 1.82) is 0 Å². The second-order valence-corrected chi connectivity index (χ2v) is 7.38. The summed E-state index contributed by atoms with van der Waals surface area (Å²) in [7, 11) is -1.73. The van der Waals surface area contributed by atoms with Gasteiger partial charge in [0.05, 0.1) is 0 Å². The average Bonchev–Trinajstić information content (AvgIpc) is 2.17. The van der Waals surface area contributed by atoms with Gasteiger partial charge >= 0.3 is 0 Å². The van der Waals surface area contributed by atoms with Gasteiger partial charge in [-0.05, 0) is 16.0 Å². The van der Waals surface area contributed by atoms with Crippen LogP contribution in [0.15, 0.2) is 42.5 Å². The van der Waals surface area contributed by atoms with Gasteiger partial charge in [-0.15, -0.1) is 22.2 Å². The second kappa shape index (κ2) is 3.70. The molecular weight excluding hydrogens is 219 g/mol. The normalized spacial score (nSPS) is 11.0. The quantitative estimate of drug-likeness (QED) is 0.519. The Balaban J connectivity index is 2.76. The Hall–Kier alpha value is -0.503. The van der Waals surface area contributed by atoms with E-state index in [-0.39, 0.29) is 0 Å². The predicted molar refractivity (Wildman–Crippen MR) is 62.4 cm³/mol. The number of fused-ring (bicyclic) bond motifs is 1. The first kappa shape index (κ1) is 9.07. The highest BCUT2D eigenvalue weighted by Crippen LogP contribution is 2.13. The Bertz CT molecular complexity index is 421. The summed E-state index contributed by atoms with van der Waals surface area (Å²) in [5.74, 6) is 0. The summed E-state index contributed by atoms with van der Waals surface area (Å²) in [6, 6.07) is 14.3. The van der Waals surface area contributed by atoms with Gasteiger partial charge in [-0.3, -0.25) is 0 Å². The molecule has 0 aliphatic rings. The molecule has 0 spiro atoms. The van der Waals surface area contributed by atoms with E-state index in [1.54, 1.807) is 0 Å². The Kier molecular flexibility index (Phi) is 2.58. The van der Waals surface area contributed by atoms with Gasteiger partial charge < -0.3 is 0 Å². The monoisotopic (exact) mass is 226 g/mol. The maximum absolute atomic E-state index is 5.99. The summed E-state index contributed by atoms with van der Waals surface area (Å²) in [6.45, 7) is 0. The summed E-state index contributed by atoms with van der Waals surface area (Å²) in [5, 5.41) is 3.51. The van der Waals surface area contributed by atoms with Crippen LogP contribution in [0.2, 0.25) is 0 Å². The molecule has 0 saturated heterocycles. The van der Waals surface area contributed by atoms with Crippen LogP contribution in [0.1, 0.15) is 0 Å².